The van der Waals surface area contributed by atoms with Crippen molar-refractivity contribution >= 4 is 27.7 Å². The first-order valence-electron chi connectivity index (χ1n) is 4.12. The summed E-state index contributed by atoms with van der Waals surface area (Å²) in [5.74, 6) is -0.878. The number of aliphatic hydroxyl groups is 1. The summed E-state index contributed by atoms with van der Waals surface area (Å²) < 4.78 is 5.01. The molecule has 0 radical (unpaired) electrons. The van der Waals surface area contributed by atoms with Crippen molar-refractivity contribution in [2.24, 2.45) is 0 Å². The number of benzene rings is 1. The van der Waals surface area contributed by atoms with Gasteiger partial charge < -0.3 is 9.84 Å². The minimum Gasteiger partial charge on any atom is -0.465 e. The van der Waals surface area contributed by atoms with Gasteiger partial charge in [0.1, 0.15) is 6.61 Å². The summed E-state index contributed by atoms with van der Waals surface area (Å²) in [5.41, 5.74) is 0.684. The predicted octanol–water partition coefficient (Wildman–Crippen LogP) is 1.41. The van der Waals surface area contributed by atoms with Crippen molar-refractivity contribution in [1.82, 2.24) is 0 Å². The number of rotatable bonds is 3. The molecule has 0 bridgehead atoms. The van der Waals surface area contributed by atoms with E-state index in [-0.39, 0.29) is 0 Å². The third-order valence-corrected chi connectivity index (χ3v) is 2.50. The largest absolute Gasteiger partial charge is 0.465 e. The van der Waals surface area contributed by atoms with Gasteiger partial charge in [-0.15, -0.1) is 0 Å². The zero-order chi connectivity index (χ0) is 11.4. The number of ether oxygens (including phenoxy) is 1. The summed E-state index contributed by atoms with van der Waals surface area (Å²) in [5, 5.41) is 8.65. The van der Waals surface area contributed by atoms with E-state index in [1.807, 2.05) is 0 Å². The number of aliphatic hydroxyl groups excluding tert-OH is 1. The highest BCUT2D eigenvalue weighted by Gasteiger charge is 2.12. The van der Waals surface area contributed by atoms with Crippen molar-refractivity contribution in [1.29, 1.82) is 0 Å². The molecular formula is C10H9BrO4. The second kappa shape index (κ2) is 5.04. The number of carbonyl (C=O) groups excluding carboxylic acids is 2. The van der Waals surface area contributed by atoms with Crippen molar-refractivity contribution in [2.75, 3.05) is 13.7 Å². The summed E-state index contributed by atoms with van der Waals surface area (Å²) in [6.45, 7) is -0.552. The third-order valence-electron chi connectivity index (χ3n) is 1.84. The Labute approximate surface area is 95.0 Å². The molecule has 1 aromatic rings. The van der Waals surface area contributed by atoms with E-state index in [9.17, 15) is 9.59 Å². The molecule has 0 atom stereocenters. The number of hydrogen-bond acceptors (Lipinski definition) is 4. The number of halogens is 1. The second-order valence-corrected chi connectivity index (χ2v) is 3.62. The number of carbonyl (C=O) groups is 2. The maximum absolute atomic E-state index is 11.2. The van der Waals surface area contributed by atoms with Crippen LogP contribution in [0.3, 0.4) is 0 Å². The third kappa shape index (κ3) is 2.64. The van der Waals surface area contributed by atoms with Crippen LogP contribution in [0.25, 0.3) is 0 Å². The molecular weight excluding hydrogens is 264 g/mol. The first kappa shape index (κ1) is 11.9. The van der Waals surface area contributed by atoms with E-state index in [1.165, 1.54) is 25.3 Å². The average molecular weight is 273 g/mol. The van der Waals surface area contributed by atoms with Crippen LogP contribution >= 0.6 is 15.9 Å². The second-order valence-electron chi connectivity index (χ2n) is 2.77. The van der Waals surface area contributed by atoms with E-state index >= 15 is 0 Å². The van der Waals surface area contributed by atoms with Crippen LogP contribution in [0, 0.1) is 0 Å². The fourth-order valence-electron chi connectivity index (χ4n) is 1.06. The molecule has 0 unspecified atom stereocenters. The highest BCUT2D eigenvalue weighted by Crippen LogP contribution is 2.19. The summed E-state index contributed by atoms with van der Waals surface area (Å²) in [7, 11) is 1.28. The van der Waals surface area contributed by atoms with E-state index in [0.717, 1.165) is 0 Å². The smallest absolute Gasteiger partial charge is 0.339 e. The average Bonchev–Trinajstić information content (AvgIpc) is 2.26. The first-order valence-corrected chi connectivity index (χ1v) is 4.91. The lowest BCUT2D eigenvalue weighted by Crippen LogP contribution is -2.07. The van der Waals surface area contributed by atoms with Gasteiger partial charge in [-0.3, -0.25) is 4.79 Å². The van der Waals surface area contributed by atoms with Gasteiger partial charge in [0, 0.05) is 10.0 Å². The molecule has 5 heteroatoms. The molecule has 1 rings (SSSR count). The molecule has 0 heterocycles. The van der Waals surface area contributed by atoms with E-state index in [2.05, 4.69) is 20.7 Å². The summed E-state index contributed by atoms with van der Waals surface area (Å²) in [6, 6.07) is 4.42. The van der Waals surface area contributed by atoms with Crippen LogP contribution in [-0.2, 0) is 4.74 Å². The van der Waals surface area contributed by atoms with Crippen molar-refractivity contribution in [3.63, 3.8) is 0 Å². The Hall–Kier alpha value is -1.20. The standard InChI is InChI=1S/C10H9BrO4/c1-15-10(14)7-3-2-6(4-8(7)11)9(13)5-12/h2-4,12H,5H2,1H3. The number of hydrogen-bond donors (Lipinski definition) is 1. The van der Waals surface area contributed by atoms with Gasteiger partial charge in [-0.25, -0.2) is 4.79 Å². The number of esters is 1. The van der Waals surface area contributed by atoms with Gasteiger partial charge in [-0.1, -0.05) is 6.07 Å². The van der Waals surface area contributed by atoms with E-state index in [4.69, 9.17) is 5.11 Å². The Morgan fingerprint density at radius 3 is 2.60 bits per heavy atom. The molecule has 0 amide bonds. The SMILES string of the molecule is COC(=O)c1ccc(C(=O)CO)cc1Br. The van der Waals surface area contributed by atoms with E-state index in [1.54, 1.807) is 0 Å². The molecule has 0 saturated heterocycles. The van der Waals surface area contributed by atoms with E-state index in [0.29, 0.717) is 15.6 Å². The fourth-order valence-corrected chi connectivity index (χ4v) is 1.60. The van der Waals surface area contributed by atoms with Crippen LogP contribution in [0.15, 0.2) is 22.7 Å². The summed E-state index contributed by atoms with van der Waals surface area (Å²) in [6.07, 6.45) is 0. The Balaban J connectivity index is 3.08. The minimum atomic E-state index is -0.552. The molecule has 0 spiro atoms. The van der Waals surface area contributed by atoms with Crippen LogP contribution in [0.5, 0.6) is 0 Å². The molecule has 0 aliphatic carbocycles. The molecule has 4 nitrogen and oxygen atoms in total. The van der Waals surface area contributed by atoms with E-state index < -0.39 is 18.4 Å². The molecule has 0 fully saturated rings. The van der Waals surface area contributed by atoms with Crippen LogP contribution < -0.4 is 0 Å². The lowest BCUT2D eigenvalue weighted by atomic mass is 10.1. The maximum Gasteiger partial charge on any atom is 0.339 e. The van der Waals surface area contributed by atoms with Crippen LogP contribution in [0.2, 0.25) is 0 Å². The molecule has 1 N–H and O–H groups in total. The molecule has 80 valence electrons. The summed E-state index contributed by atoms with van der Waals surface area (Å²) >= 11 is 3.15. The Morgan fingerprint density at radius 1 is 1.47 bits per heavy atom. The molecule has 15 heavy (non-hydrogen) atoms. The van der Waals surface area contributed by atoms with Crippen molar-refractivity contribution in [2.45, 2.75) is 0 Å². The lowest BCUT2D eigenvalue weighted by molar-refractivity contribution is 0.0599. The fraction of sp³-hybridized carbons (Fsp3) is 0.200. The van der Waals surface area contributed by atoms with Crippen molar-refractivity contribution in [3.8, 4) is 0 Å². The van der Waals surface area contributed by atoms with Crippen molar-refractivity contribution < 1.29 is 19.4 Å². The van der Waals surface area contributed by atoms with Gasteiger partial charge in [0.25, 0.3) is 0 Å². The highest BCUT2D eigenvalue weighted by molar-refractivity contribution is 9.10. The predicted molar refractivity (Wildman–Crippen MR) is 56.9 cm³/mol. The molecule has 0 aromatic heterocycles. The quantitative estimate of drug-likeness (QED) is 0.668. The molecule has 1 aromatic carbocycles. The van der Waals surface area contributed by atoms with Gasteiger partial charge in [-0.05, 0) is 28.1 Å². The Kier molecular flexibility index (Phi) is 3.99. The zero-order valence-corrected chi connectivity index (χ0v) is 9.58. The number of Topliss-reactive ketones (excluding diaryl/α,β-unsaturated/α-hetero) is 1. The minimum absolute atomic E-state index is 0.340. The monoisotopic (exact) mass is 272 g/mol. The van der Waals surface area contributed by atoms with Gasteiger partial charge in [0.05, 0.1) is 12.7 Å². The lowest BCUT2D eigenvalue weighted by Gasteiger charge is -2.04. The van der Waals surface area contributed by atoms with Crippen LogP contribution in [0.1, 0.15) is 20.7 Å². The van der Waals surface area contributed by atoms with Gasteiger partial charge in [0.15, 0.2) is 5.78 Å². The van der Waals surface area contributed by atoms with Gasteiger partial charge >= 0.3 is 5.97 Å². The topological polar surface area (TPSA) is 63.6 Å². The zero-order valence-electron chi connectivity index (χ0n) is 7.99. The Bertz CT molecular complexity index is 400. The molecule has 0 aliphatic heterocycles. The maximum atomic E-state index is 11.2. The van der Waals surface area contributed by atoms with Crippen LogP contribution in [-0.4, -0.2) is 30.6 Å². The molecule has 0 saturated carbocycles. The normalized spacial score (nSPS) is 9.80. The molecule has 0 aliphatic rings. The highest BCUT2D eigenvalue weighted by atomic mass is 79.9. The number of ketones is 1. The summed E-state index contributed by atoms with van der Waals surface area (Å²) in [4.78, 5) is 22.3. The van der Waals surface area contributed by atoms with Gasteiger partial charge in [-0.2, -0.15) is 0 Å². The van der Waals surface area contributed by atoms with Crippen LogP contribution in [0.4, 0.5) is 0 Å². The Morgan fingerprint density at radius 2 is 2.13 bits per heavy atom. The number of methoxy groups -OCH3 is 1. The van der Waals surface area contributed by atoms with Gasteiger partial charge in [0.2, 0.25) is 0 Å². The van der Waals surface area contributed by atoms with Crippen molar-refractivity contribution in [3.05, 3.63) is 33.8 Å². The first-order chi connectivity index (χ1) is 7.10.